The number of thiazole rings is 1. The Morgan fingerprint density at radius 1 is 1.20 bits per heavy atom. The number of nitrogens with zero attached hydrogens (tertiary/aromatic N) is 3. The second-order valence-electron chi connectivity index (χ2n) is 9.60. The van der Waals surface area contributed by atoms with E-state index < -0.39 is 0 Å². The first-order valence-corrected chi connectivity index (χ1v) is 13.1. The minimum absolute atomic E-state index is 0.0458. The highest BCUT2D eigenvalue weighted by atomic mass is 35.5. The summed E-state index contributed by atoms with van der Waals surface area (Å²) >= 11 is 7.62. The molecule has 0 spiro atoms. The van der Waals surface area contributed by atoms with Crippen molar-refractivity contribution in [3.63, 3.8) is 0 Å². The molecule has 2 aromatic carbocycles. The van der Waals surface area contributed by atoms with Gasteiger partial charge in [0.2, 0.25) is 0 Å². The van der Waals surface area contributed by atoms with Crippen LogP contribution in [0.5, 0.6) is 0 Å². The van der Waals surface area contributed by atoms with E-state index in [4.69, 9.17) is 21.8 Å². The Hall–Kier alpha value is -3.21. The number of nitrogens with one attached hydrogen (secondary N) is 1. The normalized spacial score (nSPS) is 22.4. The maximum atomic E-state index is 13.8. The zero-order chi connectivity index (χ0) is 24.1. The summed E-state index contributed by atoms with van der Waals surface area (Å²) in [6, 6.07) is 16.3. The van der Waals surface area contributed by atoms with Gasteiger partial charge in [-0.3, -0.25) is 9.59 Å². The Balaban J connectivity index is 1.24. The first kappa shape index (κ1) is 22.3. The molecule has 35 heavy (non-hydrogen) atoms. The third-order valence-electron chi connectivity index (χ3n) is 7.17. The third-order valence-corrected chi connectivity index (χ3v) is 8.67. The fourth-order valence-electron chi connectivity index (χ4n) is 5.01. The maximum absolute atomic E-state index is 13.8. The number of rotatable bonds is 6. The van der Waals surface area contributed by atoms with Crippen LogP contribution in [-0.4, -0.2) is 40.8 Å². The molecule has 3 aliphatic rings. The Labute approximate surface area is 212 Å². The lowest BCUT2D eigenvalue weighted by atomic mass is 10.1. The molecule has 2 aliphatic carbocycles. The van der Waals surface area contributed by atoms with E-state index >= 15 is 0 Å². The SMILES string of the molecule is N#Cc1ccc(-c2sc(C3CC3)nc2C(=O)N2C[C@@H]3CC3[C@H]2CNC(=O)c2cccc(Cl)c2)cc1. The summed E-state index contributed by atoms with van der Waals surface area (Å²) < 4.78 is 0. The predicted octanol–water partition coefficient (Wildman–Crippen LogP) is 5.10. The van der Waals surface area contributed by atoms with Crippen molar-refractivity contribution >= 4 is 34.8 Å². The van der Waals surface area contributed by atoms with E-state index in [1.165, 1.54) is 0 Å². The van der Waals surface area contributed by atoms with Crippen LogP contribution in [0.15, 0.2) is 48.5 Å². The van der Waals surface area contributed by atoms with Gasteiger partial charge >= 0.3 is 0 Å². The number of piperidine rings is 1. The van der Waals surface area contributed by atoms with Gasteiger partial charge < -0.3 is 10.2 Å². The lowest BCUT2D eigenvalue weighted by molar-refractivity contribution is 0.0690. The second-order valence-corrected chi connectivity index (χ2v) is 11.1. The van der Waals surface area contributed by atoms with Crippen molar-refractivity contribution in [2.45, 2.75) is 31.2 Å². The number of hydrogen-bond acceptors (Lipinski definition) is 5. The average molecular weight is 503 g/mol. The minimum Gasteiger partial charge on any atom is -0.350 e. The van der Waals surface area contributed by atoms with Crippen molar-refractivity contribution in [3.05, 3.63) is 75.4 Å². The van der Waals surface area contributed by atoms with E-state index in [0.29, 0.717) is 52.7 Å². The van der Waals surface area contributed by atoms with E-state index in [9.17, 15) is 9.59 Å². The highest BCUT2D eigenvalue weighted by Crippen LogP contribution is 2.50. The lowest BCUT2D eigenvalue weighted by Crippen LogP contribution is -2.45. The quantitative estimate of drug-likeness (QED) is 0.508. The van der Waals surface area contributed by atoms with Crippen molar-refractivity contribution in [2.24, 2.45) is 11.8 Å². The zero-order valence-electron chi connectivity index (χ0n) is 18.9. The first-order valence-electron chi connectivity index (χ1n) is 11.9. The van der Waals surface area contributed by atoms with Crippen LogP contribution in [0.1, 0.15) is 56.6 Å². The van der Waals surface area contributed by atoms with E-state index in [2.05, 4.69) is 11.4 Å². The van der Waals surface area contributed by atoms with Crippen LogP contribution in [0.3, 0.4) is 0 Å². The van der Waals surface area contributed by atoms with Gasteiger partial charge in [-0.1, -0.05) is 29.8 Å². The molecule has 1 saturated heterocycles. The van der Waals surface area contributed by atoms with Gasteiger partial charge in [-0.2, -0.15) is 5.26 Å². The molecule has 0 bridgehead atoms. The van der Waals surface area contributed by atoms with Crippen LogP contribution in [-0.2, 0) is 0 Å². The molecule has 2 heterocycles. The molecule has 0 radical (unpaired) electrons. The molecule has 1 aromatic heterocycles. The first-order chi connectivity index (χ1) is 17.0. The van der Waals surface area contributed by atoms with E-state index in [-0.39, 0.29) is 17.9 Å². The van der Waals surface area contributed by atoms with Gasteiger partial charge in [0, 0.05) is 29.6 Å². The number of hydrogen-bond donors (Lipinski definition) is 1. The standard InChI is InChI=1S/C27H23ClN4O2S/c28-20-3-1-2-18(10-20)25(33)30-13-22-21-11-19(21)14-32(22)27(34)23-24(35-26(31-23)17-8-9-17)16-6-4-15(12-29)5-7-16/h1-7,10,17,19,21-22H,8-9,11,13-14H2,(H,30,33)/t19-,21?,22+/m0/s1. The number of aromatic nitrogens is 1. The van der Waals surface area contributed by atoms with Crippen molar-refractivity contribution < 1.29 is 9.59 Å². The topological polar surface area (TPSA) is 86.1 Å². The Bertz CT molecular complexity index is 1360. The molecule has 176 valence electrons. The second kappa shape index (κ2) is 8.78. The van der Waals surface area contributed by atoms with E-state index in [1.54, 1.807) is 47.7 Å². The predicted molar refractivity (Wildman–Crippen MR) is 134 cm³/mol. The molecule has 2 saturated carbocycles. The summed E-state index contributed by atoms with van der Waals surface area (Å²) in [5.41, 5.74) is 2.50. The fraction of sp³-hybridized carbons (Fsp3) is 0.333. The minimum atomic E-state index is -0.188. The molecule has 6 nitrogen and oxygen atoms in total. The summed E-state index contributed by atoms with van der Waals surface area (Å²) in [5, 5.41) is 13.7. The average Bonchev–Trinajstić information content (AvgIpc) is 3.80. The van der Waals surface area contributed by atoms with Crippen LogP contribution in [0, 0.1) is 23.2 Å². The van der Waals surface area contributed by atoms with Gasteiger partial charge in [0.25, 0.3) is 11.8 Å². The molecular formula is C27H23ClN4O2S. The number of nitriles is 1. The fourth-order valence-corrected chi connectivity index (χ4v) is 6.43. The summed E-state index contributed by atoms with van der Waals surface area (Å²) in [6.45, 7) is 1.11. The Morgan fingerprint density at radius 3 is 2.71 bits per heavy atom. The van der Waals surface area contributed by atoms with Gasteiger partial charge in [0.15, 0.2) is 0 Å². The molecule has 3 fully saturated rings. The summed E-state index contributed by atoms with van der Waals surface area (Å²) in [6.07, 6.45) is 3.31. The van der Waals surface area contributed by atoms with Crippen LogP contribution in [0.25, 0.3) is 10.4 Å². The number of benzene rings is 2. The monoisotopic (exact) mass is 502 g/mol. The largest absolute Gasteiger partial charge is 0.350 e. The Kier molecular flexibility index (Phi) is 5.58. The summed E-state index contributed by atoms with van der Waals surface area (Å²) in [7, 11) is 0. The van der Waals surface area contributed by atoms with E-state index in [0.717, 1.165) is 34.7 Å². The number of likely N-dealkylation sites (tertiary alicyclic amines) is 1. The molecule has 6 rings (SSSR count). The van der Waals surface area contributed by atoms with E-state index in [1.807, 2.05) is 17.0 Å². The lowest BCUT2D eigenvalue weighted by Gasteiger charge is -2.27. The molecule has 1 unspecified atom stereocenters. The molecule has 8 heteroatoms. The number of carbonyl (C=O) groups excluding carboxylic acids is 2. The zero-order valence-corrected chi connectivity index (χ0v) is 20.5. The molecular weight excluding hydrogens is 480 g/mol. The van der Waals surface area contributed by atoms with Crippen molar-refractivity contribution in [1.29, 1.82) is 5.26 Å². The van der Waals surface area contributed by atoms with Crippen LogP contribution in [0.2, 0.25) is 5.02 Å². The number of amides is 2. The number of halogens is 1. The molecule has 1 N–H and O–H groups in total. The Morgan fingerprint density at radius 2 is 2.00 bits per heavy atom. The highest BCUT2D eigenvalue weighted by Gasteiger charge is 2.54. The number of fused-ring (bicyclic) bond motifs is 1. The van der Waals surface area contributed by atoms with Crippen LogP contribution >= 0.6 is 22.9 Å². The van der Waals surface area contributed by atoms with Crippen molar-refractivity contribution in [1.82, 2.24) is 15.2 Å². The molecule has 1 aliphatic heterocycles. The summed E-state index contributed by atoms with van der Waals surface area (Å²) in [4.78, 5) is 34.1. The maximum Gasteiger partial charge on any atom is 0.274 e. The molecule has 3 atom stereocenters. The van der Waals surface area contributed by atoms with Crippen LogP contribution < -0.4 is 5.32 Å². The third kappa shape index (κ3) is 4.33. The van der Waals surface area contributed by atoms with Crippen molar-refractivity contribution in [2.75, 3.05) is 13.1 Å². The van der Waals surface area contributed by atoms with Gasteiger partial charge in [0.05, 0.1) is 27.6 Å². The molecule has 2 amide bonds. The van der Waals surface area contributed by atoms with Gasteiger partial charge in [-0.05, 0) is 67.0 Å². The van der Waals surface area contributed by atoms with Crippen molar-refractivity contribution in [3.8, 4) is 16.5 Å². The summed E-state index contributed by atoms with van der Waals surface area (Å²) in [5.74, 6) is 1.09. The molecule has 3 aromatic rings. The van der Waals surface area contributed by atoms with Crippen LogP contribution in [0.4, 0.5) is 0 Å². The van der Waals surface area contributed by atoms with Gasteiger partial charge in [-0.25, -0.2) is 4.98 Å². The number of carbonyl (C=O) groups is 2. The smallest absolute Gasteiger partial charge is 0.274 e. The highest BCUT2D eigenvalue weighted by molar-refractivity contribution is 7.15. The van der Waals surface area contributed by atoms with Gasteiger partial charge in [-0.15, -0.1) is 11.3 Å². The van der Waals surface area contributed by atoms with Gasteiger partial charge in [0.1, 0.15) is 5.69 Å².